The fraction of sp³-hybridized carbons (Fsp3) is 0.600. The Morgan fingerprint density at radius 1 is 1.44 bits per heavy atom. The van der Waals surface area contributed by atoms with Gasteiger partial charge in [-0.1, -0.05) is 13.0 Å². The van der Waals surface area contributed by atoms with E-state index in [1.54, 1.807) is 7.11 Å². The highest BCUT2D eigenvalue weighted by molar-refractivity contribution is 5.43. The number of benzene rings is 1. The van der Waals surface area contributed by atoms with E-state index in [2.05, 4.69) is 32.2 Å². The topological polar surface area (TPSA) is 30.5 Å². The summed E-state index contributed by atoms with van der Waals surface area (Å²) in [5.74, 6) is 1.80. The summed E-state index contributed by atoms with van der Waals surface area (Å²) >= 11 is 0. The second kappa shape index (κ2) is 5.19. The summed E-state index contributed by atoms with van der Waals surface area (Å²) in [6.07, 6.45) is 2.15. The molecule has 0 unspecified atom stereocenters. The zero-order chi connectivity index (χ0) is 13.2. The van der Waals surface area contributed by atoms with Crippen LogP contribution in [0, 0.1) is 0 Å². The van der Waals surface area contributed by atoms with Crippen LogP contribution in [-0.2, 0) is 6.42 Å². The molecular formula is C15H23NO2. The highest BCUT2D eigenvalue weighted by Crippen LogP contribution is 2.35. The maximum Gasteiger partial charge on any atom is 0.127 e. The molecule has 1 aliphatic heterocycles. The molecule has 1 atom stereocenters. The molecule has 0 radical (unpaired) electrons. The zero-order valence-corrected chi connectivity index (χ0v) is 11.7. The second-order valence-corrected chi connectivity index (χ2v) is 5.39. The smallest absolute Gasteiger partial charge is 0.127 e. The van der Waals surface area contributed by atoms with E-state index < -0.39 is 0 Å². The van der Waals surface area contributed by atoms with Crippen LogP contribution in [0.4, 0.5) is 0 Å². The van der Waals surface area contributed by atoms with Gasteiger partial charge in [0.25, 0.3) is 0 Å². The summed E-state index contributed by atoms with van der Waals surface area (Å²) < 4.78 is 11.4. The Morgan fingerprint density at radius 3 is 2.89 bits per heavy atom. The van der Waals surface area contributed by atoms with E-state index in [0.29, 0.717) is 6.04 Å². The van der Waals surface area contributed by atoms with Crippen LogP contribution in [0.25, 0.3) is 0 Å². The number of rotatable bonds is 4. The molecule has 100 valence electrons. The average Bonchev–Trinajstić information content (AvgIpc) is 2.34. The van der Waals surface area contributed by atoms with Crippen molar-refractivity contribution in [3.8, 4) is 11.5 Å². The van der Waals surface area contributed by atoms with Crippen LogP contribution in [0.1, 0.15) is 32.8 Å². The number of ether oxygens (including phenoxy) is 2. The predicted octanol–water partition coefficient (Wildman–Crippen LogP) is 2.78. The molecule has 0 amide bonds. The molecule has 1 heterocycles. The van der Waals surface area contributed by atoms with Gasteiger partial charge in [-0.2, -0.15) is 0 Å². The summed E-state index contributed by atoms with van der Waals surface area (Å²) in [7, 11) is 1.68. The highest BCUT2D eigenvalue weighted by Gasteiger charge is 2.36. The molecule has 3 heteroatoms. The molecule has 0 aromatic heterocycles. The minimum absolute atomic E-state index is 0.186. The lowest BCUT2D eigenvalue weighted by molar-refractivity contribution is 0.0483. The maximum atomic E-state index is 6.13. The Hall–Kier alpha value is -1.22. The lowest BCUT2D eigenvalue weighted by Crippen LogP contribution is -2.54. The van der Waals surface area contributed by atoms with Gasteiger partial charge in [-0.3, -0.25) is 0 Å². The molecule has 1 aliphatic rings. The molecule has 0 aliphatic carbocycles. The molecule has 0 saturated carbocycles. The Balaban J connectivity index is 2.21. The maximum absolute atomic E-state index is 6.13. The SMILES string of the molecule is CCCN[C@H]1Cc2ccc(OC)cc2OC1(C)C. The third-order valence-electron chi connectivity index (χ3n) is 3.55. The third kappa shape index (κ3) is 2.61. The first-order valence-corrected chi connectivity index (χ1v) is 6.66. The Labute approximate surface area is 109 Å². The van der Waals surface area contributed by atoms with Crippen LogP contribution in [0.5, 0.6) is 11.5 Å². The first-order chi connectivity index (χ1) is 8.56. The third-order valence-corrected chi connectivity index (χ3v) is 3.55. The fourth-order valence-electron chi connectivity index (χ4n) is 2.38. The molecule has 1 aromatic carbocycles. The monoisotopic (exact) mass is 249 g/mol. The summed E-state index contributed by atoms with van der Waals surface area (Å²) in [6, 6.07) is 6.44. The van der Waals surface area contributed by atoms with Gasteiger partial charge in [-0.25, -0.2) is 0 Å². The van der Waals surface area contributed by atoms with Gasteiger partial charge >= 0.3 is 0 Å². The molecular weight excluding hydrogens is 226 g/mol. The van der Waals surface area contributed by atoms with Crippen molar-refractivity contribution in [2.75, 3.05) is 13.7 Å². The molecule has 18 heavy (non-hydrogen) atoms. The van der Waals surface area contributed by atoms with Crippen molar-refractivity contribution >= 4 is 0 Å². The first kappa shape index (κ1) is 13.2. The molecule has 2 rings (SSSR count). The van der Waals surface area contributed by atoms with E-state index in [9.17, 15) is 0 Å². The molecule has 0 bridgehead atoms. The van der Waals surface area contributed by atoms with E-state index in [4.69, 9.17) is 9.47 Å². The van der Waals surface area contributed by atoms with E-state index in [0.717, 1.165) is 30.9 Å². The quantitative estimate of drug-likeness (QED) is 0.890. The van der Waals surface area contributed by atoms with Gasteiger partial charge in [0, 0.05) is 6.07 Å². The van der Waals surface area contributed by atoms with E-state index in [-0.39, 0.29) is 5.60 Å². The molecule has 3 nitrogen and oxygen atoms in total. The van der Waals surface area contributed by atoms with Crippen LogP contribution >= 0.6 is 0 Å². The molecule has 0 saturated heterocycles. The van der Waals surface area contributed by atoms with Gasteiger partial charge in [0.05, 0.1) is 13.2 Å². The highest BCUT2D eigenvalue weighted by atomic mass is 16.5. The summed E-state index contributed by atoms with van der Waals surface area (Å²) in [5.41, 5.74) is 1.07. The standard InChI is InChI=1S/C15H23NO2/c1-5-8-16-14-9-11-6-7-12(17-4)10-13(11)18-15(14,2)3/h6-7,10,14,16H,5,8-9H2,1-4H3/t14-/m0/s1. The normalized spacial score (nSPS) is 21.0. The summed E-state index contributed by atoms with van der Waals surface area (Å²) in [6.45, 7) is 7.50. The number of nitrogens with one attached hydrogen (secondary N) is 1. The van der Waals surface area contributed by atoms with Gasteiger partial charge in [-0.05, 0) is 44.9 Å². The van der Waals surface area contributed by atoms with Crippen molar-refractivity contribution in [2.45, 2.75) is 45.3 Å². The summed E-state index contributed by atoms with van der Waals surface area (Å²) in [4.78, 5) is 0. The predicted molar refractivity (Wildman–Crippen MR) is 73.5 cm³/mol. The van der Waals surface area contributed by atoms with Crippen molar-refractivity contribution in [1.29, 1.82) is 0 Å². The number of hydrogen-bond acceptors (Lipinski definition) is 3. The van der Waals surface area contributed by atoms with Crippen molar-refractivity contribution in [3.63, 3.8) is 0 Å². The lowest BCUT2D eigenvalue weighted by Gasteiger charge is -2.40. The number of fused-ring (bicyclic) bond motifs is 1. The molecule has 0 spiro atoms. The van der Waals surface area contributed by atoms with Crippen molar-refractivity contribution < 1.29 is 9.47 Å². The summed E-state index contributed by atoms with van der Waals surface area (Å²) in [5, 5.41) is 3.57. The van der Waals surface area contributed by atoms with E-state index >= 15 is 0 Å². The first-order valence-electron chi connectivity index (χ1n) is 6.66. The Bertz CT molecular complexity index is 415. The van der Waals surface area contributed by atoms with Gasteiger partial charge in [0.2, 0.25) is 0 Å². The van der Waals surface area contributed by atoms with Crippen LogP contribution < -0.4 is 14.8 Å². The largest absolute Gasteiger partial charge is 0.497 e. The number of methoxy groups -OCH3 is 1. The minimum atomic E-state index is -0.186. The van der Waals surface area contributed by atoms with Crippen LogP contribution in [-0.4, -0.2) is 25.3 Å². The van der Waals surface area contributed by atoms with Crippen molar-refractivity contribution in [2.24, 2.45) is 0 Å². The van der Waals surface area contributed by atoms with Crippen LogP contribution in [0.2, 0.25) is 0 Å². The zero-order valence-electron chi connectivity index (χ0n) is 11.7. The molecule has 0 fully saturated rings. The van der Waals surface area contributed by atoms with Gasteiger partial charge < -0.3 is 14.8 Å². The van der Waals surface area contributed by atoms with Crippen molar-refractivity contribution in [3.05, 3.63) is 23.8 Å². The minimum Gasteiger partial charge on any atom is -0.497 e. The number of hydrogen-bond donors (Lipinski definition) is 1. The van der Waals surface area contributed by atoms with Gasteiger partial charge in [0.15, 0.2) is 0 Å². The fourth-order valence-corrected chi connectivity index (χ4v) is 2.38. The average molecular weight is 249 g/mol. The van der Waals surface area contributed by atoms with Crippen LogP contribution in [0.3, 0.4) is 0 Å². The second-order valence-electron chi connectivity index (χ2n) is 5.39. The van der Waals surface area contributed by atoms with E-state index in [1.165, 1.54) is 5.56 Å². The molecule has 1 N–H and O–H groups in total. The van der Waals surface area contributed by atoms with Gasteiger partial charge in [0.1, 0.15) is 17.1 Å². The Kier molecular flexibility index (Phi) is 3.81. The van der Waals surface area contributed by atoms with Gasteiger partial charge in [-0.15, -0.1) is 0 Å². The van der Waals surface area contributed by atoms with E-state index in [1.807, 2.05) is 12.1 Å². The van der Waals surface area contributed by atoms with Crippen molar-refractivity contribution in [1.82, 2.24) is 5.32 Å². The lowest BCUT2D eigenvalue weighted by atomic mass is 9.88. The Morgan fingerprint density at radius 2 is 2.22 bits per heavy atom. The molecule has 1 aromatic rings. The van der Waals surface area contributed by atoms with Crippen LogP contribution in [0.15, 0.2) is 18.2 Å².